The molecule has 7 heteroatoms. The Morgan fingerprint density at radius 2 is 1.82 bits per heavy atom. The van der Waals surface area contributed by atoms with Gasteiger partial charge in [0.25, 0.3) is 5.91 Å². The standard InChI is InChI=1S/C15H14IN3O3/c16-13-5-1-4-12(10-13)15(21)22-11-14(20)19(8-2-6-17)9-3-7-18/h1,4-5,10H,2-3,8-9,11H2. The molecule has 0 aliphatic carbocycles. The third-order valence-corrected chi connectivity index (χ3v) is 3.40. The summed E-state index contributed by atoms with van der Waals surface area (Å²) in [4.78, 5) is 25.2. The van der Waals surface area contributed by atoms with Crippen molar-refractivity contribution in [3.63, 3.8) is 0 Å². The first-order chi connectivity index (χ1) is 10.6. The first-order valence-corrected chi connectivity index (χ1v) is 7.60. The number of halogens is 1. The first kappa shape index (κ1) is 17.9. The molecule has 0 atom stereocenters. The number of hydrogen-bond acceptors (Lipinski definition) is 5. The van der Waals surface area contributed by atoms with Crippen LogP contribution < -0.4 is 0 Å². The van der Waals surface area contributed by atoms with Crippen molar-refractivity contribution in [1.82, 2.24) is 4.90 Å². The lowest BCUT2D eigenvalue weighted by Gasteiger charge is -2.20. The molecular weight excluding hydrogens is 397 g/mol. The number of nitrogens with zero attached hydrogens (tertiary/aromatic N) is 3. The number of esters is 1. The Kier molecular flexibility index (Phi) is 7.94. The van der Waals surface area contributed by atoms with Crippen molar-refractivity contribution in [3.05, 3.63) is 33.4 Å². The van der Waals surface area contributed by atoms with Crippen molar-refractivity contribution < 1.29 is 14.3 Å². The fourth-order valence-electron chi connectivity index (χ4n) is 1.65. The molecule has 0 spiro atoms. The average molecular weight is 411 g/mol. The molecule has 0 saturated heterocycles. The molecule has 0 fully saturated rings. The minimum Gasteiger partial charge on any atom is -0.452 e. The molecule has 0 heterocycles. The van der Waals surface area contributed by atoms with E-state index in [2.05, 4.69) is 22.6 Å². The highest BCUT2D eigenvalue weighted by molar-refractivity contribution is 14.1. The third kappa shape index (κ3) is 6.10. The quantitative estimate of drug-likeness (QED) is 0.506. The molecule has 0 saturated carbocycles. The highest BCUT2D eigenvalue weighted by atomic mass is 127. The van der Waals surface area contributed by atoms with Crippen LogP contribution in [-0.4, -0.2) is 36.5 Å². The second-order valence-electron chi connectivity index (χ2n) is 4.28. The lowest BCUT2D eigenvalue weighted by molar-refractivity contribution is -0.134. The number of rotatable bonds is 7. The Bertz CT molecular complexity index is 601. The molecule has 22 heavy (non-hydrogen) atoms. The predicted molar refractivity (Wildman–Crippen MR) is 86.5 cm³/mol. The second kappa shape index (κ2) is 9.74. The molecule has 1 aromatic carbocycles. The van der Waals surface area contributed by atoms with Gasteiger partial charge < -0.3 is 9.64 Å². The van der Waals surface area contributed by atoms with Crippen LogP contribution in [-0.2, 0) is 9.53 Å². The molecule has 1 rings (SSSR count). The zero-order valence-corrected chi connectivity index (χ0v) is 13.9. The van der Waals surface area contributed by atoms with Crippen LogP contribution in [0.3, 0.4) is 0 Å². The Morgan fingerprint density at radius 3 is 2.36 bits per heavy atom. The van der Waals surface area contributed by atoms with Gasteiger partial charge in [-0.1, -0.05) is 6.07 Å². The van der Waals surface area contributed by atoms with Crippen molar-refractivity contribution in [2.75, 3.05) is 19.7 Å². The van der Waals surface area contributed by atoms with Gasteiger partial charge in [-0.05, 0) is 40.8 Å². The van der Waals surface area contributed by atoms with Gasteiger partial charge in [-0.3, -0.25) is 4.79 Å². The average Bonchev–Trinajstić information content (AvgIpc) is 2.52. The zero-order chi connectivity index (χ0) is 16.4. The Labute approximate surface area is 142 Å². The van der Waals surface area contributed by atoms with Gasteiger partial charge >= 0.3 is 5.97 Å². The van der Waals surface area contributed by atoms with Gasteiger partial charge in [0.2, 0.25) is 0 Å². The number of ether oxygens (including phenoxy) is 1. The Morgan fingerprint density at radius 1 is 1.18 bits per heavy atom. The summed E-state index contributed by atoms with van der Waals surface area (Å²) in [6, 6.07) is 10.7. The van der Waals surface area contributed by atoms with Gasteiger partial charge in [-0.15, -0.1) is 0 Å². The van der Waals surface area contributed by atoms with Gasteiger partial charge in [0.05, 0.1) is 30.5 Å². The number of hydrogen-bond donors (Lipinski definition) is 0. The number of nitriles is 2. The fraction of sp³-hybridized carbons (Fsp3) is 0.333. The lowest BCUT2D eigenvalue weighted by Crippen LogP contribution is -2.36. The monoisotopic (exact) mass is 411 g/mol. The van der Waals surface area contributed by atoms with Crippen LogP contribution >= 0.6 is 22.6 Å². The van der Waals surface area contributed by atoms with Crippen molar-refractivity contribution in [1.29, 1.82) is 10.5 Å². The Balaban J connectivity index is 2.56. The minimum absolute atomic E-state index is 0.169. The van der Waals surface area contributed by atoms with E-state index in [9.17, 15) is 9.59 Å². The molecule has 0 radical (unpaired) electrons. The predicted octanol–water partition coefficient (Wildman–Crippen LogP) is 2.10. The minimum atomic E-state index is -0.576. The van der Waals surface area contributed by atoms with Crippen LogP contribution in [0, 0.1) is 26.2 Å². The summed E-state index contributed by atoms with van der Waals surface area (Å²) in [7, 11) is 0. The molecular formula is C15H14IN3O3. The van der Waals surface area contributed by atoms with Crippen LogP contribution in [0.4, 0.5) is 0 Å². The summed E-state index contributed by atoms with van der Waals surface area (Å²) in [5.41, 5.74) is 0.375. The molecule has 1 amide bonds. The van der Waals surface area contributed by atoms with E-state index in [1.807, 2.05) is 18.2 Å². The van der Waals surface area contributed by atoms with E-state index in [0.717, 1.165) is 3.57 Å². The maximum atomic E-state index is 12.0. The number of benzene rings is 1. The van der Waals surface area contributed by atoms with Gasteiger partial charge in [-0.2, -0.15) is 10.5 Å². The van der Waals surface area contributed by atoms with E-state index in [1.54, 1.807) is 18.2 Å². The van der Waals surface area contributed by atoms with Crippen LogP contribution in [0.2, 0.25) is 0 Å². The van der Waals surface area contributed by atoms with Crippen LogP contribution in [0.25, 0.3) is 0 Å². The molecule has 0 aromatic heterocycles. The molecule has 0 unspecified atom stereocenters. The molecule has 0 N–H and O–H groups in total. The highest BCUT2D eigenvalue weighted by Crippen LogP contribution is 2.09. The largest absolute Gasteiger partial charge is 0.452 e. The van der Waals surface area contributed by atoms with Crippen LogP contribution in [0.15, 0.2) is 24.3 Å². The maximum absolute atomic E-state index is 12.0. The second-order valence-corrected chi connectivity index (χ2v) is 5.53. The highest BCUT2D eigenvalue weighted by Gasteiger charge is 2.16. The van der Waals surface area contributed by atoms with E-state index in [0.29, 0.717) is 5.56 Å². The smallest absolute Gasteiger partial charge is 0.338 e. The summed E-state index contributed by atoms with van der Waals surface area (Å²) in [6.07, 6.45) is 0.337. The van der Waals surface area contributed by atoms with Crippen molar-refractivity contribution >= 4 is 34.5 Å². The topological polar surface area (TPSA) is 94.2 Å². The number of carbonyl (C=O) groups is 2. The molecule has 0 bridgehead atoms. The summed E-state index contributed by atoms with van der Waals surface area (Å²) >= 11 is 2.08. The van der Waals surface area contributed by atoms with Gasteiger partial charge in [0, 0.05) is 16.7 Å². The summed E-state index contributed by atoms with van der Waals surface area (Å²) in [5.74, 6) is -0.989. The SMILES string of the molecule is N#CCCN(CCC#N)C(=O)COC(=O)c1cccc(I)c1. The van der Waals surface area contributed by atoms with Crippen molar-refractivity contribution in [2.45, 2.75) is 12.8 Å². The summed E-state index contributed by atoms with van der Waals surface area (Å²) < 4.78 is 5.88. The Hall–Kier alpha value is -2.13. The molecule has 0 aliphatic heterocycles. The normalized spacial score (nSPS) is 9.41. The summed E-state index contributed by atoms with van der Waals surface area (Å²) in [5, 5.41) is 17.2. The van der Waals surface area contributed by atoms with E-state index in [1.165, 1.54) is 4.90 Å². The van der Waals surface area contributed by atoms with E-state index >= 15 is 0 Å². The van der Waals surface area contributed by atoms with E-state index in [4.69, 9.17) is 15.3 Å². The molecule has 114 valence electrons. The van der Waals surface area contributed by atoms with Gasteiger partial charge in [-0.25, -0.2) is 4.79 Å². The van der Waals surface area contributed by atoms with E-state index < -0.39 is 18.5 Å². The van der Waals surface area contributed by atoms with Crippen LogP contribution in [0.1, 0.15) is 23.2 Å². The van der Waals surface area contributed by atoms with Crippen LogP contribution in [0.5, 0.6) is 0 Å². The number of carbonyl (C=O) groups excluding carboxylic acids is 2. The van der Waals surface area contributed by atoms with Gasteiger partial charge in [0.1, 0.15) is 0 Å². The number of amides is 1. The van der Waals surface area contributed by atoms with Gasteiger partial charge in [0.15, 0.2) is 6.61 Å². The third-order valence-electron chi connectivity index (χ3n) is 2.73. The molecule has 6 nitrogen and oxygen atoms in total. The summed E-state index contributed by atoms with van der Waals surface area (Å²) in [6.45, 7) is 0.0385. The fourth-order valence-corrected chi connectivity index (χ4v) is 2.19. The zero-order valence-electron chi connectivity index (χ0n) is 11.8. The van der Waals surface area contributed by atoms with Crippen molar-refractivity contribution in [3.8, 4) is 12.1 Å². The molecule has 1 aromatic rings. The van der Waals surface area contributed by atoms with Crippen molar-refractivity contribution in [2.24, 2.45) is 0 Å². The first-order valence-electron chi connectivity index (χ1n) is 6.53. The maximum Gasteiger partial charge on any atom is 0.338 e. The lowest BCUT2D eigenvalue weighted by atomic mass is 10.2. The molecule has 0 aliphatic rings. The van der Waals surface area contributed by atoms with E-state index in [-0.39, 0.29) is 25.9 Å².